The van der Waals surface area contributed by atoms with E-state index >= 15 is 0 Å². The Morgan fingerprint density at radius 3 is 2.73 bits per heavy atom. The third-order valence-corrected chi connectivity index (χ3v) is 2.97. The summed E-state index contributed by atoms with van der Waals surface area (Å²) in [5.74, 6) is 0. The van der Waals surface area contributed by atoms with Crippen LogP contribution in [0.15, 0.2) is 47.3 Å². The van der Waals surface area contributed by atoms with Gasteiger partial charge in [0.15, 0.2) is 0 Å². The van der Waals surface area contributed by atoms with E-state index in [4.69, 9.17) is 16.0 Å². The fourth-order valence-electron chi connectivity index (χ4n) is 1.60. The number of aryl methyl sites for hydroxylation is 1. The van der Waals surface area contributed by atoms with Crippen molar-refractivity contribution in [2.45, 2.75) is 18.7 Å². The maximum Gasteiger partial charge on any atom is 0.0949 e. The van der Waals surface area contributed by atoms with Crippen molar-refractivity contribution < 1.29 is 4.42 Å². The molecular weight excluding hydrogens is 208 g/mol. The first kappa shape index (κ1) is 10.3. The molecule has 0 saturated carbocycles. The Morgan fingerprint density at radius 2 is 2.07 bits per heavy atom. The molecule has 1 nitrogen and oxygen atoms in total. The van der Waals surface area contributed by atoms with E-state index in [9.17, 15) is 0 Å². The van der Waals surface area contributed by atoms with Gasteiger partial charge in [-0.05, 0) is 30.5 Å². The molecule has 2 rings (SSSR count). The summed E-state index contributed by atoms with van der Waals surface area (Å²) < 4.78 is 5.02. The van der Waals surface area contributed by atoms with Crippen molar-refractivity contribution >= 4 is 11.6 Å². The molecule has 0 aliphatic carbocycles. The van der Waals surface area contributed by atoms with Crippen LogP contribution >= 0.6 is 11.6 Å². The number of furan rings is 1. The highest BCUT2D eigenvalue weighted by Gasteiger charge is 2.10. The first-order valence-electron chi connectivity index (χ1n) is 4.98. The van der Waals surface area contributed by atoms with Crippen LogP contribution in [0, 0.1) is 6.92 Å². The van der Waals surface area contributed by atoms with Gasteiger partial charge in [-0.15, -0.1) is 11.6 Å². The van der Waals surface area contributed by atoms with Gasteiger partial charge in [-0.1, -0.05) is 24.3 Å². The summed E-state index contributed by atoms with van der Waals surface area (Å²) in [6.45, 7) is 2.11. The molecule has 0 N–H and O–H groups in total. The molecule has 0 saturated heterocycles. The quantitative estimate of drug-likeness (QED) is 0.710. The van der Waals surface area contributed by atoms with Gasteiger partial charge in [0.05, 0.1) is 17.9 Å². The van der Waals surface area contributed by atoms with Crippen LogP contribution in [0.25, 0.3) is 0 Å². The van der Waals surface area contributed by atoms with Crippen molar-refractivity contribution in [1.29, 1.82) is 0 Å². The van der Waals surface area contributed by atoms with E-state index in [1.165, 1.54) is 11.1 Å². The second-order valence-electron chi connectivity index (χ2n) is 3.65. The maximum atomic E-state index is 6.29. The van der Waals surface area contributed by atoms with Gasteiger partial charge >= 0.3 is 0 Å². The van der Waals surface area contributed by atoms with E-state index in [-0.39, 0.29) is 5.38 Å². The number of alkyl halides is 1. The number of hydrogen-bond donors (Lipinski definition) is 0. The van der Waals surface area contributed by atoms with Crippen molar-refractivity contribution in [3.8, 4) is 0 Å². The van der Waals surface area contributed by atoms with Crippen LogP contribution in [0.3, 0.4) is 0 Å². The summed E-state index contributed by atoms with van der Waals surface area (Å²) in [5, 5.41) is -0.00940. The van der Waals surface area contributed by atoms with Gasteiger partial charge in [-0.3, -0.25) is 0 Å². The van der Waals surface area contributed by atoms with Gasteiger partial charge in [0.25, 0.3) is 0 Å². The molecule has 0 aliphatic heterocycles. The van der Waals surface area contributed by atoms with Crippen LogP contribution < -0.4 is 0 Å². The van der Waals surface area contributed by atoms with E-state index in [1.54, 1.807) is 12.5 Å². The molecule has 0 amide bonds. The second-order valence-corrected chi connectivity index (χ2v) is 4.18. The lowest BCUT2D eigenvalue weighted by atomic mass is 10.0. The number of hydrogen-bond acceptors (Lipinski definition) is 1. The highest BCUT2D eigenvalue weighted by molar-refractivity contribution is 6.20. The van der Waals surface area contributed by atoms with E-state index in [0.29, 0.717) is 0 Å². The minimum Gasteiger partial charge on any atom is -0.472 e. The van der Waals surface area contributed by atoms with Gasteiger partial charge in [0.1, 0.15) is 0 Å². The standard InChI is InChI=1S/C13H13ClO/c1-10-4-2-3-5-11(10)8-13(14)12-6-7-15-9-12/h2-7,9,13H,8H2,1H3. The van der Waals surface area contributed by atoms with Crippen LogP contribution in [0.2, 0.25) is 0 Å². The molecule has 15 heavy (non-hydrogen) atoms. The molecule has 0 bridgehead atoms. The lowest BCUT2D eigenvalue weighted by Crippen LogP contribution is -1.96. The van der Waals surface area contributed by atoms with Gasteiger partial charge in [0, 0.05) is 5.56 Å². The Bertz CT molecular complexity index is 420. The maximum absolute atomic E-state index is 6.29. The van der Waals surface area contributed by atoms with E-state index in [2.05, 4.69) is 19.1 Å². The number of rotatable bonds is 3. The highest BCUT2D eigenvalue weighted by Crippen LogP contribution is 2.26. The molecule has 0 spiro atoms. The van der Waals surface area contributed by atoms with Crippen LogP contribution in [0.5, 0.6) is 0 Å². The third kappa shape index (κ3) is 2.42. The molecule has 0 fully saturated rings. The second kappa shape index (κ2) is 4.54. The predicted molar refractivity (Wildman–Crippen MR) is 62.2 cm³/mol. The average molecular weight is 221 g/mol. The first-order valence-corrected chi connectivity index (χ1v) is 5.41. The molecule has 1 aromatic carbocycles. The summed E-state index contributed by atoms with van der Waals surface area (Å²) in [4.78, 5) is 0. The van der Waals surface area contributed by atoms with Gasteiger partial charge in [-0.2, -0.15) is 0 Å². The van der Waals surface area contributed by atoms with Crippen molar-refractivity contribution in [1.82, 2.24) is 0 Å². The zero-order valence-electron chi connectivity index (χ0n) is 8.61. The molecule has 1 heterocycles. The van der Waals surface area contributed by atoms with Crippen molar-refractivity contribution in [3.05, 3.63) is 59.5 Å². The van der Waals surface area contributed by atoms with Crippen molar-refractivity contribution in [3.63, 3.8) is 0 Å². The van der Waals surface area contributed by atoms with Crippen LogP contribution in [0.4, 0.5) is 0 Å². The summed E-state index contributed by atoms with van der Waals surface area (Å²) in [6.07, 6.45) is 4.20. The zero-order chi connectivity index (χ0) is 10.7. The summed E-state index contributed by atoms with van der Waals surface area (Å²) in [5.41, 5.74) is 3.62. The molecule has 1 unspecified atom stereocenters. The van der Waals surface area contributed by atoms with Crippen LogP contribution in [-0.2, 0) is 6.42 Å². The third-order valence-electron chi connectivity index (χ3n) is 2.57. The zero-order valence-corrected chi connectivity index (χ0v) is 9.37. The largest absolute Gasteiger partial charge is 0.472 e. The fraction of sp³-hybridized carbons (Fsp3) is 0.231. The average Bonchev–Trinajstić information content (AvgIpc) is 2.74. The molecule has 1 atom stereocenters. The molecule has 2 aromatic rings. The highest BCUT2D eigenvalue weighted by atomic mass is 35.5. The Balaban J connectivity index is 2.13. The topological polar surface area (TPSA) is 13.1 Å². The van der Waals surface area contributed by atoms with Crippen molar-refractivity contribution in [2.75, 3.05) is 0 Å². The minimum atomic E-state index is -0.00940. The number of benzene rings is 1. The normalized spacial score (nSPS) is 12.7. The Kier molecular flexibility index (Phi) is 3.12. The SMILES string of the molecule is Cc1ccccc1CC(Cl)c1ccoc1. The fourth-order valence-corrected chi connectivity index (χ4v) is 1.89. The smallest absolute Gasteiger partial charge is 0.0949 e. The van der Waals surface area contributed by atoms with Gasteiger partial charge in [-0.25, -0.2) is 0 Å². The summed E-state index contributed by atoms with van der Waals surface area (Å²) in [7, 11) is 0. The van der Waals surface area contributed by atoms with Crippen molar-refractivity contribution in [2.24, 2.45) is 0 Å². The Morgan fingerprint density at radius 1 is 1.27 bits per heavy atom. The molecular formula is C13H13ClO. The molecule has 1 aromatic heterocycles. The lowest BCUT2D eigenvalue weighted by molar-refractivity contribution is 0.563. The van der Waals surface area contributed by atoms with E-state index < -0.39 is 0 Å². The Hall–Kier alpha value is -1.21. The van der Waals surface area contributed by atoms with E-state index in [1.807, 2.05) is 18.2 Å². The molecule has 0 aliphatic rings. The molecule has 78 valence electrons. The van der Waals surface area contributed by atoms with Gasteiger partial charge < -0.3 is 4.42 Å². The Labute approximate surface area is 94.7 Å². The predicted octanol–water partition coefficient (Wildman–Crippen LogP) is 4.11. The number of halogens is 1. The molecule has 2 heteroatoms. The van der Waals surface area contributed by atoms with Crippen LogP contribution in [-0.4, -0.2) is 0 Å². The van der Waals surface area contributed by atoms with Crippen LogP contribution in [0.1, 0.15) is 22.1 Å². The summed E-state index contributed by atoms with van der Waals surface area (Å²) >= 11 is 6.29. The first-order chi connectivity index (χ1) is 7.27. The minimum absolute atomic E-state index is 0.00940. The lowest BCUT2D eigenvalue weighted by Gasteiger charge is -2.09. The summed E-state index contributed by atoms with van der Waals surface area (Å²) in [6, 6.07) is 10.2. The van der Waals surface area contributed by atoms with Gasteiger partial charge in [0.2, 0.25) is 0 Å². The monoisotopic (exact) mass is 220 g/mol. The molecule has 0 radical (unpaired) electrons. The van der Waals surface area contributed by atoms with E-state index in [0.717, 1.165) is 12.0 Å².